The van der Waals surface area contributed by atoms with Crippen LogP contribution in [0.15, 0.2) is 48.5 Å². The summed E-state index contributed by atoms with van der Waals surface area (Å²) in [4.78, 5) is 26.5. The van der Waals surface area contributed by atoms with Gasteiger partial charge in [-0.25, -0.2) is 0 Å². The zero-order valence-electron chi connectivity index (χ0n) is 14.7. The lowest BCUT2D eigenvalue weighted by molar-refractivity contribution is -0.137. The van der Waals surface area contributed by atoms with Gasteiger partial charge in [0, 0.05) is 18.8 Å². The van der Waals surface area contributed by atoms with Crippen LogP contribution < -0.4 is 10.2 Å². The van der Waals surface area contributed by atoms with Crippen molar-refractivity contribution < 1.29 is 22.8 Å². The first-order valence-electron chi connectivity index (χ1n) is 8.57. The minimum atomic E-state index is -4.43. The van der Waals surface area contributed by atoms with E-state index in [-0.39, 0.29) is 12.5 Å². The molecule has 4 nitrogen and oxygen atoms in total. The van der Waals surface area contributed by atoms with Crippen LogP contribution in [-0.2, 0) is 22.3 Å². The fourth-order valence-corrected chi connectivity index (χ4v) is 3.07. The van der Waals surface area contributed by atoms with E-state index in [1.165, 1.54) is 12.1 Å². The molecule has 0 aromatic heterocycles. The van der Waals surface area contributed by atoms with Gasteiger partial charge in [-0.05, 0) is 43.2 Å². The third-order valence-electron chi connectivity index (χ3n) is 4.59. The van der Waals surface area contributed by atoms with E-state index in [0.29, 0.717) is 18.5 Å². The molecular weight excluding hydrogens is 357 g/mol. The molecule has 1 saturated heterocycles. The van der Waals surface area contributed by atoms with Crippen molar-refractivity contribution in [3.8, 4) is 0 Å². The van der Waals surface area contributed by atoms with E-state index in [1.807, 2.05) is 31.2 Å². The van der Waals surface area contributed by atoms with E-state index in [0.717, 1.165) is 23.4 Å². The highest BCUT2D eigenvalue weighted by atomic mass is 19.4. The van der Waals surface area contributed by atoms with Crippen LogP contribution in [0.25, 0.3) is 0 Å². The molecule has 3 rings (SSSR count). The summed E-state index contributed by atoms with van der Waals surface area (Å²) in [5.74, 6) is -1.58. The third kappa shape index (κ3) is 4.30. The highest BCUT2D eigenvalue weighted by molar-refractivity contribution is 6.09. The summed E-state index contributed by atoms with van der Waals surface area (Å²) in [5, 5.41) is 2.58. The van der Waals surface area contributed by atoms with Crippen molar-refractivity contribution in [1.82, 2.24) is 5.32 Å². The van der Waals surface area contributed by atoms with Gasteiger partial charge in [0.2, 0.25) is 11.8 Å². The van der Waals surface area contributed by atoms with Gasteiger partial charge < -0.3 is 10.2 Å². The normalized spacial score (nSPS) is 17.3. The molecule has 1 heterocycles. The molecule has 0 spiro atoms. The molecule has 1 atom stereocenters. The fraction of sp³-hybridized carbons (Fsp3) is 0.300. The van der Waals surface area contributed by atoms with Crippen LogP contribution in [0.2, 0.25) is 0 Å². The van der Waals surface area contributed by atoms with Crippen molar-refractivity contribution in [2.24, 2.45) is 5.92 Å². The smallest absolute Gasteiger partial charge is 0.351 e. The van der Waals surface area contributed by atoms with Gasteiger partial charge in [0.05, 0.1) is 5.56 Å². The standard InChI is InChI=1S/C20H19F3N2O2/c1-13-5-7-16(8-6-13)25-10-9-17(19(25)27)18(26)24-12-14-3-2-4-15(11-14)20(21,22)23/h2-8,11,17H,9-10,12H2,1H3,(H,24,26). The summed E-state index contributed by atoms with van der Waals surface area (Å²) in [5.41, 5.74) is 1.37. The fourth-order valence-electron chi connectivity index (χ4n) is 3.07. The maximum absolute atomic E-state index is 12.8. The lowest BCUT2D eigenvalue weighted by Crippen LogP contribution is -2.36. The average molecular weight is 376 g/mol. The molecular formula is C20H19F3N2O2. The number of hydrogen-bond donors (Lipinski definition) is 1. The molecule has 0 radical (unpaired) electrons. The summed E-state index contributed by atoms with van der Waals surface area (Å²) in [6, 6.07) is 12.2. The second-order valence-corrected chi connectivity index (χ2v) is 6.58. The van der Waals surface area contributed by atoms with E-state index in [9.17, 15) is 22.8 Å². The average Bonchev–Trinajstić information content (AvgIpc) is 3.01. The van der Waals surface area contributed by atoms with E-state index < -0.39 is 23.6 Å². The highest BCUT2D eigenvalue weighted by Crippen LogP contribution is 2.29. The molecule has 1 aliphatic heterocycles. The Kier molecular flexibility index (Phi) is 5.21. The van der Waals surface area contributed by atoms with Crippen molar-refractivity contribution in [1.29, 1.82) is 0 Å². The van der Waals surface area contributed by atoms with E-state index in [1.54, 1.807) is 4.90 Å². The molecule has 0 bridgehead atoms. The van der Waals surface area contributed by atoms with Gasteiger partial charge in [-0.2, -0.15) is 13.2 Å². The Morgan fingerprint density at radius 1 is 1.19 bits per heavy atom. The lowest BCUT2D eigenvalue weighted by Gasteiger charge is -2.17. The first kappa shape index (κ1) is 18.9. The highest BCUT2D eigenvalue weighted by Gasteiger charge is 2.37. The van der Waals surface area contributed by atoms with Crippen molar-refractivity contribution in [2.75, 3.05) is 11.4 Å². The number of benzene rings is 2. The SMILES string of the molecule is Cc1ccc(N2CCC(C(=O)NCc3cccc(C(F)(F)F)c3)C2=O)cc1. The van der Waals surface area contributed by atoms with E-state index >= 15 is 0 Å². The number of anilines is 1. The Morgan fingerprint density at radius 2 is 1.89 bits per heavy atom. The molecule has 1 N–H and O–H groups in total. The van der Waals surface area contributed by atoms with Crippen LogP contribution in [0.5, 0.6) is 0 Å². The van der Waals surface area contributed by atoms with Crippen LogP contribution in [-0.4, -0.2) is 18.4 Å². The number of hydrogen-bond acceptors (Lipinski definition) is 2. The van der Waals surface area contributed by atoms with Crippen LogP contribution in [0.1, 0.15) is 23.1 Å². The Labute approximate surface area is 155 Å². The third-order valence-corrected chi connectivity index (χ3v) is 4.59. The molecule has 1 unspecified atom stereocenters. The molecule has 2 aromatic carbocycles. The Balaban J connectivity index is 1.62. The van der Waals surface area contributed by atoms with Crippen LogP contribution in [0.4, 0.5) is 18.9 Å². The molecule has 1 fully saturated rings. The summed E-state index contributed by atoms with van der Waals surface area (Å²) in [7, 11) is 0. The summed E-state index contributed by atoms with van der Waals surface area (Å²) >= 11 is 0. The van der Waals surface area contributed by atoms with Crippen molar-refractivity contribution in [2.45, 2.75) is 26.1 Å². The zero-order chi connectivity index (χ0) is 19.6. The molecule has 2 aromatic rings. The number of carbonyl (C=O) groups is 2. The Morgan fingerprint density at radius 3 is 2.56 bits per heavy atom. The summed E-state index contributed by atoms with van der Waals surface area (Å²) in [6.07, 6.45) is -4.06. The number of alkyl halides is 3. The maximum atomic E-state index is 12.8. The first-order valence-corrected chi connectivity index (χ1v) is 8.57. The van der Waals surface area contributed by atoms with Gasteiger partial charge in [0.1, 0.15) is 5.92 Å². The minimum absolute atomic E-state index is 0.0585. The molecule has 2 amide bonds. The van der Waals surface area contributed by atoms with Crippen molar-refractivity contribution in [3.63, 3.8) is 0 Å². The number of nitrogens with zero attached hydrogens (tertiary/aromatic N) is 1. The van der Waals surface area contributed by atoms with Crippen LogP contribution in [0.3, 0.4) is 0 Å². The number of carbonyl (C=O) groups excluding carboxylic acids is 2. The van der Waals surface area contributed by atoms with Gasteiger partial charge in [0.15, 0.2) is 0 Å². The second-order valence-electron chi connectivity index (χ2n) is 6.58. The van der Waals surface area contributed by atoms with Crippen LogP contribution >= 0.6 is 0 Å². The molecule has 1 aliphatic rings. The number of rotatable bonds is 4. The maximum Gasteiger partial charge on any atom is 0.416 e. The lowest BCUT2D eigenvalue weighted by atomic mass is 10.1. The molecule has 0 saturated carbocycles. The monoisotopic (exact) mass is 376 g/mol. The topological polar surface area (TPSA) is 49.4 Å². The Hall–Kier alpha value is -2.83. The van der Waals surface area contributed by atoms with E-state index in [2.05, 4.69) is 5.32 Å². The quantitative estimate of drug-likeness (QED) is 0.828. The first-order chi connectivity index (χ1) is 12.8. The summed E-state index contributed by atoms with van der Waals surface area (Å²) in [6.45, 7) is 2.32. The molecule has 142 valence electrons. The molecule has 7 heteroatoms. The van der Waals surface area contributed by atoms with E-state index in [4.69, 9.17) is 0 Å². The van der Waals surface area contributed by atoms with Crippen molar-refractivity contribution in [3.05, 3.63) is 65.2 Å². The predicted octanol–water partition coefficient (Wildman–Crippen LogP) is 3.68. The van der Waals surface area contributed by atoms with Gasteiger partial charge in [-0.1, -0.05) is 29.8 Å². The zero-order valence-corrected chi connectivity index (χ0v) is 14.7. The van der Waals surface area contributed by atoms with Crippen molar-refractivity contribution >= 4 is 17.5 Å². The number of aryl methyl sites for hydroxylation is 1. The number of amides is 2. The summed E-state index contributed by atoms with van der Waals surface area (Å²) < 4.78 is 38.3. The second kappa shape index (κ2) is 7.42. The predicted molar refractivity (Wildman–Crippen MR) is 94.9 cm³/mol. The van der Waals surface area contributed by atoms with Gasteiger partial charge >= 0.3 is 6.18 Å². The minimum Gasteiger partial charge on any atom is -0.351 e. The largest absolute Gasteiger partial charge is 0.416 e. The molecule has 27 heavy (non-hydrogen) atoms. The Bertz CT molecular complexity index is 847. The van der Waals surface area contributed by atoms with Gasteiger partial charge in [0.25, 0.3) is 0 Å². The molecule has 0 aliphatic carbocycles. The van der Waals surface area contributed by atoms with Crippen LogP contribution in [0, 0.1) is 12.8 Å². The van der Waals surface area contributed by atoms with Gasteiger partial charge in [-0.3, -0.25) is 9.59 Å². The number of nitrogens with one attached hydrogen (secondary N) is 1. The number of halogens is 3. The van der Waals surface area contributed by atoms with Gasteiger partial charge in [-0.15, -0.1) is 0 Å².